The maximum Gasteiger partial charge on any atom is 0.0774 e. The molecule has 0 nitrogen and oxygen atoms in total. The van der Waals surface area contributed by atoms with E-state index in [2.05, 4.69) is 151 Å². The molecule has 0 bridgehead atoms. The average molecular weight is 689 g/mol. The van der Waals surface area contributed by atoms with Crippen LogP contribution in [0.4, 0.5) is 0 Å². The summed E-state index contributed by atoms with van der Waals surface area (Å²) < 4.78 is 0. The van der Waals surface area contributed by atoms with E-state index in [0.717, 1.165) is 0 Å². The quantitative estimate of drug-likeness (QED) is 0.128. The van der Waals surface area contributed by atoms with Crippen molar-refractivity contribution in [3.8, 4) is 0 Å². The van der Waals surface area contributed by atoms with Crippen LogP contribution in [0.2, 0.25) is 78.6 Å². The summed E-state index contributed by atoms with van der Waals surface area (Å²) in [6, 6.07) is 29.6. The lowest BCUT2D eigenvalue weighted by molar-refractivity contribution is 1.70. The molecule has 0 spiro atoms. The summed E-state index contributed by atoms with van der Waals surface area (Å²) in [5, 5.41) is 30.4. The van der Waals surface area contributed by atoms with Crippen molar-refractivity contribution in [3.05, 3.63) is 72.8 Å². The minimum Gasteiger partial charge on any atom is -0.0656 e. The summed E-state index contributed by atoms with van der Waals surface area (Å²) in [4.78, 5) is 0. The number of hydrogen-bond donors (Lipinski definition) is 0. The van der Waals surface area contributed by atoms with E-state index in [1.165, 1.54) is 86.2 Å². The molecular weight excluding hydrogens is 641 g/mol. The number of rotatable bonds is 4. The van der Waals surface area contributed by atoms with E-state index in [9.17, 15) is 0 Å². The predicted octanol–water partition coefficient (Wildman–Crippen LogP) is 11.4. The molecular formula is C44H48Si4. The van der Waals surface area contributed by atoms with Gasteiger partial charge in [-0.05, 0) is 86.2 Å². The average Bonchev–Trinajstić information content (AvgIpc) is 3.00. The molecule has 9 aromatic carbocycles. The van der Waals surface area contributed by atoms with Crippen molar-refractivity contribution in [1.82, 2.24) is 0 Å². The van der Waals surface area contributed by atoms with Crippen LogP contribution in [-0.2, 0) is 0 Å². The van der Waals surface area contributed by atoms with Gasteiger partial charge < -0.3 is 0 Å². The molecule has 0 saturated heterocycles. The van der Waals surface area contributed by atoms with Gasteiger partial charge in [-0.25, -0.2) is 0 Å². The summed E-state index contributed by atoms with van der Waals surface area (Å²) in [6.07, 6.45) is 0. The van der Waals surface area contributed by atoms with Crippen LogP contribution in [-0.4, -0.2) is 32.3 Å². The molecule has 4 heteroatoms. The van der Waals surface area contributed by atoms with Crippen molar-refractivity contribution < 1.29 is 0 Å². The van der Waals surface area contributed by atoms with Crippen molar-refractivity contribution >= 4 is 139 Å². The lowest BCUT2D eigenvalue weighted by Crippen LogP contribution is -2.56. The van der Waals surface area contributed by atoms with Gasteiger partial charge in [0.1, 0.15) is 0 Å². The number of benzene rings is 8. The molecule has 240 valence electrons. The van der Waals surface area contributed by atoms with E-state index in [0.29, 0.717) is 0 Å². The largest absolute Gasteiger partial charge is 0.0774 e. The van der Waals surface area contributed by atoms with Crippen molar-refractivity contribution in [3.63, 3.8) is 0 Å². The molecule has 0 radical (unpaired) electrons. The molecule has 0 fully saturated rings. The van der Waals surface area contributed by atoms with Crippen molar-refractivity contribution in [2.75, 3.05) is 0 Å². The summed E-state index contributed by atoms with van der Waals surface area (Å²) in [5.41, 5.74) is 0. The molecule has 0 unspecified atom stereocenters. The van der Waals surface area contributed by atoms with Crippen LogP contribution in [0.1, 0.15) is 0 Å². The van der Waals surface area contributed by atoms with E-state index < -0.39 is 32.3 Å². The van der Waals surface area contributed by atoms with E-state index in [1.807, 2.05) is 0 Å². The van der Waals surface area contributed by atoms with E-state index in [4.69, 9.17) is 0 Å². The first-order valence-corrected chi connectivity index (χ1v) is 32.0. The summed E-state index contributed by atoms with van der Waals surface area (Å²) in [5.74, 6) is 0. The van der Waals surface area contributed by atoms with Crippen LogP contribution in [0.5, 0.6) is 0 Å². The Balaban J connectivity index is 1.67. The smallest absolute Gasteiger partial charge is 0.0656 e. The molecule has 0 saturated carbocycles. The van der Waals surface area contributed by atoms with Crippen LogP contribution in [0, 0.1) is 0 Å². The highest BCUT2D eigenvalue weighted by atomic mass is 28.3. The van der Waals surface area contributed by atoms with Gasteiger partial charge in [-0.3, -0.25) is 0 Å². The van der Waals surface area contributed by atoms with Crippen LogP contribution in [0.3, 0.4) is 0 Å². The topological polar surface area (TPSA) is 0 Å². The zero-order chi connectivity index (χ0) is 34.0. The molecule has 0 heterocycles. The van der Waals surface area contributed by atoms with Gasteiger partial charge in [-0.15, -0.1) is 0 Å². The van der Waals surface area contributed by atoms with Gasteiger partial charge in [0.05, 0.1) is 32.3 Å². The van der Waals surface area contributed by atoms with E-state index >= 15 is 0 Å². The first kappa shape index (κ1) is 30.7. The second kappa shape index (κ2) is 9.28. The van der Waals surface area contributed by atoms with Crippen LogP contribution >= 0.6 is 0 Å². The minimum atomic E-state index is -1.63. The van der Waals surface area contributed by atoms with E-state index in [1.54, 1.807) is 20.7 Å². The Morgan fingerprint density at radius 1 is 0.250 bits per heavy atom. The van der Waals surface area contributed by atoms with Crippen LogP contribution in [0.15, 0.2) is 72.8 Å². The normalized spacial score (nSPS) is 14.2. The second-order valence-corrected chi connectivity index (χ2v) is 39.1. The lowest BCUT2D eigenvalue weighted by atomic mass is 9.74. The minimum absolute atomic E-state index is 1.43. The fraction of sp³-hybridized carbons (Fsp3) is 0.273. The lowest BCUT2D eigenvalue weighted by Gasteiger charge is -2.33. The fourth-order valence-corrected chi connectivity index (χ4v) is 19.8. The summed E-state index contributed by atoms with van der Waals surface area (Å²) in [7, 11) is -6.51. The molecule has 9 aromatic rings. The molecule has 0 aliphatic rings. The van der Waals surface area contributed by atoms with Gasteiger partial charge in [0.15, 0.2) is 0 Å². The van der Waals surface area contributed by atoms with Gasteiger partial charge in [0.25, 0.3) is 0 Å². The molecule has 0 aliphatic heterocycles. The van der Waals surface area contributed by atoms with Crippen LogP contribution in [0.25, 0.3) is 86.2 Å². The zero-order valence-electron chi connectivity index (χ0n) is 30.9. The molecule has 48 heavy (non-hydrogen) atoms. The van der Waals surface area contributed by atoms with E-state index in [-0.39, 0.29) is 0 Å². The van der Waals surface area contributed by atoms with Gasteiger partial charge in [-0.1, -0.05) is 172 Å². The monoisotopic (exact) mass is 688 g/mol. The number of fused-ring (bicyclic) bond motifs is 12. The van der Waals surface area contributed by atoms with Gasteiger partial charge in [0.2, 0.25) is 0 Å². The van der Waals surface area contributed by atoms with Crippen molar-refractivity contribution in [1.29, 1.82) is 0 Å². The van der Waals surface area contributed by atoms with Crippen molar-refractivity contribution in [2.24, 2.45) is 0 Å². The highest BCUT2D eigenvalue weighted by Crippen LogP contribution is 2.58. The molecule has 0 N–H and O–H groups in total. The number of hydrogen-bond acceptors (Lipinski definition) is 0. The Morgan fingerprint density at radius 2 is 0.438 bits per heavy atom. The summed E-state index contributed by atoms with van der Waals surface area (Å²) in [6.45, 7) is 30.6. The molecule has 0 atom stereocenters. The molecule has 0 aliphatic carbocycles. The fourth-order valence-electron chi connectivity index (χ4n) is 9.44. The predicted molar refractivity (Wildman–Crippen MR) is 232 cm³/mol. The molecule has 0 amide bonds. The third-order valence-corrected chi connectivity index (χ3v) is 20.2. The third kappa shape index (κ3) is 3.86. The Bertz CT molecular complexity index is 2390. The Morgan fingerprint density at radius 3 is 0.604 bits per heavy atom. The summed E-state index contributed by atoms with van der Waals surface area (Å²) >= 11 is 0. The van der Waals surface area contributed by atoms with Gasteiger partial charge in [0, 0.05) is 0 Å². The van der Waals surface area contributed by atoms with Gasteiger partial charge >= 0.3 is 0 Å². The molecule has 9 rings (SSSR count). The maximum atomic E-state index is 2.70. The second-order valence-electron chi connectivity index (χ2n) is 19.0. The first-order chi connectivity index (χ1) is 22.4. The first-order valence-electron chi connectivity index (χ1n) is 18.0. The van der Waals surface area contributed by atoms with Crippen molar-refractivity contribution in [2.45, 2.75) is 78.6 Å². The highest BCUT2D eigenvalue weighted by molar-refractivity contribution is 6.99. The Labute approximate surface area is 289 Å². The standard InChI is InChI=1S/C44H48Si4/c1-45(2,3)33-21-29-30(22-34(33)46(4,5)6)38-27-19-15-16-20-28(27)40-32-24-36(48(10,11)12)35(47(7,8)9)23-31(32)39-26-18-14-13-17-25(26)37(29)41-42(38)44(40)43(39)41/h13-24H,1-12H3. The SMILES string of the molecule is C[Si](C)(C)c1cc2c(cc1[Si](C)(C)C)c1c3ccccc3c3c4cc([Si](C)(C)C)c([Si](C)(C)C)cc4c4c5ccccc5c2c2c1c3c42. The maximum absolute atomic E-state index is 2.70. The Hall–Kier alpha value is -3.29. The Kier molecular flexibility index (Phi) is 5.94. The highest BCUT2D eigenvalue weighted by Gasteiger charge is 2.35. The van der Waals surface area contributed by atoms with Gasteiger partial charge in [-0.2, -0.15) is 0 Å². The zero-order valence-corrected chi connectivity index (χ0v) is 34.9. The third-order valence-electron chi connectivity index (χ3n) is 11.6. The molecule has 0 aromatic heterocycles. The van der Waals surface area contributed by atoms with Crippen LogP contribution < -0.4 is 20.7 Å².